The van der Waals surface area contributed by atoms with Crippen LogP contribution in [0.1, 0.15) is 19.8 Å². The van der Waals surface area contributed by atoms with Gasteiger partial charge in [0, 0.05) is 13.1 Å². The van der Waals surface area contributed by atoms with E-state index in [-0.39, 0.29) is 16.4 Å². The minimum atomic E-state index is -3.70. The maximum atomic E-state index is 12.5. The van der Waals surface area contributed by atoms with Gasteiger partial charge in [-0.2, -0.15) is 4.31 Å². The molecule has 1 heterocycles. The number of ether oxygens (including phenoxy) is 1. The quantitative estimate of drug-likeness (QED) is 0.774. The number of sulfone groups is 1. The van der Waals surface area contributed by atoms with Crippen molar-refractivity contribution in [1.29, 1.82) is 0 Å². The van der Waals surface area contributed by atoms with Crippen molar-refractivity contribution >= 4 is 19.9 Å². The van der Waals surface area contributed by atoms with Crippen molar-refractivity contribution in [1.82, 2.24) is 4.31 Å². The van der Waals surface area contributed by atoms with Crippen LogP contribution in [0.4, 0.5) is 0 Å². The average molecular weight is 347 g/mol. The van der Waals surface area contributed by atoms with E-state index in [1.54, 1.807) is 12.1 Å². The van der Waals surface area contributed by atoms with Gasteiger partial charge in [0.2, 0.25) is 10.0 Å². The molecular weight excluding hydrogens is 326 g/mol. The molecule has 6 nitrogen and oxygen atoms in total. The molecule has 124 valence electrons. The molecule has 1 atom stereocenters. The number of hydrogen-bond donors (Lipinski definition) is 0. The SMILES string of the molecule is CCCOc1ccc(S(=O)(=O)N(C)C2CCS(=O)(=O)C2)cc1. The molecule has 1 aliphatic rings. The summed E-state index contributed by atoms with van der Waals surface area (Å²) in [7, 11) is -5.39. The second-order valence-electron chi connectivity index (χ2n) is 5.40. The molecule has 1 saturated heterocycles. The van der Waals surface area contributed by atoms with Gasteiger partial charge in [-0.05, 0) is 37.1 Å². The summed E-state index contributed by atoms with van der Waals surface area (Å²) in [5.41, 5.74) is 0. The van der Waals surface area contributed by atoms with Crippen LogP contribution in [0.25, 0.3) is 0 Å². The van der Waals surface area contributed by atoms with Crippen molar-refractivity contribution in [2.75, 3.05) is 25.2 Å². The predicted octanol–water partition coefficient (Wildman–Crippen LogP) is 1.28. The minimum absolute atomic E-state index is 0.0430. The molecule has 0 amide bonds. The van der Waals surface area contributed by atoms with E-state index >= 15 is 0 Å². The maximum absolute atomic E-state index is 12.5. The highest BCUT2D eigenvalue weighted by Gasteiger charge is 2.36. The van der Waals surface area contributed by atoms with E-state index in [1.807, 2.05) is 6.92 Å². The van der Waals surface area contributed by atoms with Crippen molar-refractivity contribution < 1.29 is 21.6 Å². The number of benzene rings is 1. The van der Waals surface area contributed by atoms with E-state index in [2.05, 4.69) is 0 Å². The summed E-state index contributed by atoms with van der Waals surface area (Å²) in [4.78, 5) is 0.142. The van der Waals surface area contributed by atoms with E-state index in [1.165, 1.54) is 23.5 Å². The molecule has 1 fully saturated rings. The van der Waals surface area contributed by atoms with Gasteiger partial charge in [-0.1, -0.05) is 6.92 Å². The van der Waals surface area contributed by atoms with Crippen molar-refractivity contribution in [2.45, 2.75) is 30.7 Å². The lowest BCUT2D eigenvalue weighted by Gasteiger charge is -2.22. The van der Waals surface area contributed by atoms with Gasteiger partial charge in [0.05, 0.1) is 23.0 Å². The van der Waals surface area contributed by atoms with Gasteiger partial charge >= 0.3 is 0 Å². The van der Waals surface area contributed by atoms with Crippen LogP contribution in [0.5, 0.6) is 5.75 Å². The van der Waals surface area contributed by atoms with E-state index in [9.17, 15) is 16.8 Å². The van der Waals surface area contributed by atoms with E-state index in [0.717, 1.165) is 6.42 Å². The van der Waals surface area contributed by atoms with E-state index < -0.39 is 25.9 Å². The third-order valence-corrected chi connectivity index (χ3v) is 7.37. The highest BCUT2D eigenvalue weighted by atomic mass is 32.2. The Bertz CT molecular complexity index is 710. The molecule has 0 aliphatic carbocycles. The van der Waals surface area contributed by atoms with Crippen LogP contribution in [-0.4, -0.2) is 52.3 Å². The van der Waals surface area contributed by atoms with Gasteiger partial charge in [-0.25, -0.2) is 16.8 Å². The average Bonchev–Trinajstić information content (AvgIpc) is 2.84. The zero-order valence-electron chi connectivity index (χ0n) is 12.7. The molecule has 1 unspecified atom stereocenters. The molecule has 22 heavy (non-hydrogen) atoms. The first kappa shape index (κ1) is 17.2. The van der Waals surface area contributed by atoms with Crippen LogP contribution in [0.3, 0.4) is 0 Å². The summed E-state index contributed by atoms with van der Waals surface area (Å²) < 4.78 is 54.7. The van der Waals surface area contributed by atoms with Crippen molar-refractivity contribution in [3.63, 3.8) is 0 Å². The summed E-state index contributed by atoms with van der Waals surface area (Å²) in [6.07, 6.45) is 1.22. The fraction of sp³-hybridized carbons (Fsp3) is 0.571. The fourth-order valence-electron chi connectivity index (χ4n) is 2.35. The molecule has 1 aliphatic heterocycles. The molecule has 1 aromatic rings. The lowest BCUT2D eigenvalue weighted by Crippen LogP contribution is -2.37. The van der Waals surface area contributed by atoms with Gasteiger partial charge in [-0.15, -0.1) is 0 Å². The van der Waals surface area contributed by atoms with Crippen molar-refractivity contribution in [3.05, 3.63) is 24.3 Å². The molecule has 0 radical (unpaired) electrons. The molecule has 0 aromatic heterocycles. The van der Waals surface area contributed by atoms with Crippen molar-refractivity contribution in [2.24, 2.45) is 0 Å². The second-order valence-corrected chi connectivity index (χ2v) is 9.62. The normalized spacial score (nSPS) is 21.1. The Morgan fingerprint density at radius 1 is 1.27 bits per heavy atom. The van der Waals surface area contributed by atoms with Gasteiger partial charge in [-0.3, -0.25) is 0 Å². The molecule has 0 N–H and O–H groups in total. The van der Waals surface area contributed by atoms with Gasteiger partial charge < -0.3 is 4.74 Å². The van der Waals surface area contributed by atoms with Crippen LogP contribution >= 0.6 is 0 Å². The first-order valence-corrected chi connectivity index (χ1v) is 10.4. The predicted molar refractivity (Wildman–Crippen MR) is 84.2 cm³/mol. The molecule has 0 saturated carbocycles. The first-order valence-electron chi connectivity index (χ1n) is 7.17. The Hall–Kier alpha value is -1.12. The van der Waals surface area contributed by atoms with Crippen LogP contribution in [-0.2, 0) is 19.9 Å². The van der Waals surface area contributed by atoms with Gasteiger partial charge in [0.25, 0.3) is 0 Å². The third kappa shape index (κ3) is 3.80. The smallest absolute Gasteiger partial charge is 0.243 e. The van der Waals surface area contributed by atoms with E-state index in [4.69, 9.17) is 4.74 Å². The maximum Gasteiger partial charge on any atom is 0.243 e. The molecule has 8 heteroatoms. The Balaban J connectivity index is 2.16. The van der Waals surface area contributed by atoms with Gasteiger partial charge in [0.1, 0.15) is 5.75 Å². The van der Waals surface area contributed by atoms with Crippen molar-refractivity contribution in [3.8, 4) is 5.75 Å². The zero-order chi connectivity index (χ0) is 16.4. The van der Waals surface area contributed by atoms with Crippen LogP contribution in [0, 0.1) is 0 Å². The van der Waals surface area contributed by atoms with Crippen LogP contribution in [0.15, 0.2) is 29.2 Å². The highest BCUT2D eigenvalue weighted by Crippen LogP contribution is 2.24. The summed E-state index contributed by atoms with van der Waals surface area (Å²) >= 11 is 0. The van der Waals surface area contributed by atoms with Crippen LogP contribution < -0.4 is 4.74 Å². The summed E-state index contributed by atoms with van der Waals surface area (Å²) in [6, 6.07) is 5.70. The Labute approximate surface area is 132 Å². The Morgan fingerprint density at radius 3 is 2.41 bits per heavy atom. The Kier molecular flexibility index (Phi) is 5.14. The zero-order valence-corrected chi connectivity index (χ0v) is 14.4. The number of rotatable bonds is 6. The minimum Gasteiger partial charge on any atom is -0.494 e. The number of sulfonamides is 1. The standard InChI is InChI=1S/C14H21NO5S2/c1-3-9-20-13-4-6-14(7-5-13)22(18,19)15(2)12-8-10-21(16,17)11-12/h4-7,12H,3,8-11H2,1-2H3. The second kappa shape index (κ2) is 6.55. The topological polar surface area (TPSA) is 80.8 Å². The lowest BCUT2D eigenvalue weighted by atomic mass is 10.3. The largest absolute Gasteiger partial charge is 0.494 e. The summed E-state index contributed by atoms with van der Waals surface area (Å²) in [5.74, 6) is 0.550. The molecule has 0 spiro atoms. The molecule has 2 rings (SSSR count). The van der Waals surface area contributed by atoms with Crippen LogP contribution in [0.2, 0.25) is 0 Å². The summed E-state index contributed by atoms with van der Waals surface area (Å²) in [6.45, 7) is 2.56. The highest BCUT2D eigenvalue weighted by molar-refractivity contribution is 7.92. The summed E-state index contributed by atoms with van der Waals surface area (Å²) in [5, 5.41) is 0. The van der Waals surface area contributed by atoms with E-state index in [0.29, 0.717) is 18.8 Å². The molecular formula is C14H21NO5S2. The third-order valence-electron chi connectivity index (χ3n) is 3.70. The lowest BCUT2D eigenvalue weighted by molar-refractivity contribution is 0.317. The molecule has 1 aromatic carbocycles. The number of hydrogen-bond acceptors (Lipinski definition) is 5. The molecule has 0 bridgehead atoms. The number of nitrogens with zero attached hydrogens (tertiary/aromatic N) is 1. The fourth-order valence-corrected chi connectivity index (χ4v) is 5.61. The first-order chi connectivity index (χ1) is 10.3. The monoisotopic (exact) mass is 347 g/mol. The Morgan fingerprint density at radius 2 is 1.91 bits per heavy atom. The van der Waals surface area contributed by atoms with Gasteiger partial charge in [0.15, 0.2) is 9.84 Å².